The van der Waals surface area contributed by atoms with E-state index in [4.69, 9.17) is 14.2 Å². The van der Waals surface area contributed by atoms with E-state index in [0.717, 1.165) is 47.2 Å². The number of rotatable bonds is 18. The van der Waals surface area contributed by atoms with Crippen LogP contribution in [0.25, 0.3) is 21.5 Å². The first-order chi connectivity index (χ1) is 20.2. The number of carbonyl (C=O) groups excluding carboxylic acids is 1. The number of carbonyl (C=O) groups is 1. The summed E-state index contributed by atoms with van der Waals surface area (Å²) in [4.78, 5) is 13.8. The quantitative estimate of drug-likeness (QED) is 0.0697. The second kappa shape index (κ2) is 16.7. The summed E-state index contributed by atoms with van der Waals surface area (Å²) in [7, 11) is 0. The molecule has 0 spiro atoms. The molecule has 0 bridgehead atoms. The van der Waals surface area contributed by atoms with Crippen LogP contribution in [-0.4, -0.2) is 19.2 Å². The molecule has 4 rings (SSSR count). The Morgan fingerprint density at radius 2 is 1.12 bits per heavy atom. The molecule has 0 heterocycles. The molecule has 0 unspecified atom stereocenters. The fourth-order valence-corrected chi connectivity index (χ4v) is 5.30. The van der Waals surface area contributed by atoms with Crippen LogP contribution in [-0.2, 0) is 0 Å². The first-order valence-corrected chi connectivity index (χ1v) is 15.7. The molecule has 0 amide bonds. The van der Waals surface area contributed by atoms with E-state index in [9.17, 15) is 4.79 Å². The molecular weight excluding hydrogens is 508 g/mol. The Hall–Kier alpha value is -3.53. The van der Waals surface area contributed by atoms with Crippen molar-refractivity contribution in [2.45, 2.75) is 90.9 Å². The highest BCUT2D eigenvalue weighted by Gasteiger charge is 2.22. The number of benzene rings is 4. The molecule has 0 aliphatic rings. The van der Waals surface area contributed by atoms with Crippen LogP contribution in [0.3, 0.4) is 0 Å². The Balaban J connectivity index is 1.58. The molecule has 0 aliphatic carbocycles. The van der Waals surface area contributed by atoms with Gasteiger partial charge in [-0.15, -0.1) is 0 Å². The predicted molar refractivity (Wildman–Crippen MR) is 171 cm³/mol. The Morgan fingerprint density at radius 1 is 0.561 bits per heavy atom. The van der Waals surface area contributed by atoms with Crippen molar-refractivity contribution < 1.29 is 19.0 Å². The predicted octanol–water partition coefficient (Wildman–Crippen LogP) is 10.7. The van der Waals surface area contributed by atoms with Gasteiger partial charge in [-0.05, 0) is 30.4 Å². The molecule has 0 saturated heterocycles. The highest BCUT2D eigenvalue weighted by molar-refractivity contribution is 6.05. The van der Waals surface area contributed by atoms with Crippen LogP contribution in [0.4, 0.5) is 0 Å². The standard InChI is InChI=1S/C37H46O4/c1-3-5-7-9-11-17-26-39-35-28-33(37(38)41-34-25-19-21-29-20-13-14-22-30(29)34)36(32-24-16-15-23-31(32)35)40-27-18-12-10-8-6-4-2/h13-16,19-25,28H,3-12,17-18,26-27H2,1-2H3. The van der Waals surface area contributed by atoms with E-state index >= 15 is 0 Å². The topological polar surface area (TPSA) is 44.8 Å². The van der Waals surface area contributed by atoms with Gasteiger partial charge >= 0.3 is 5.97 Å². The van der Waals surface area contributed by atoms with Gasteiger partial charge in [0.25, 0.3) is 0 Å². The zero-order chi connectivity index (χ0) is 28.7. The van der Waals surface area contributed by atoms with E-state index in [2.05, 4.69) is 13.8 Å². The van der Waals surface area contributed by atoms with Crippen molar-refractivity contribution >= 4 is 27.5 Å². The molecule has 4 heteroatoms. The molecule has 0 fully saturated rings. The summed E-state index contributed by atoms with van der Waals surface area (Å²) < 4.78 is 18.7. The van der Waals surface area contributed by atoms with Gasteiger partial charge in [-0.25, -0.2) is 4.79 Å². The highest BCUT2D eigenvalue weighted by atomic mass is 16.5. The van der Waals surface area contributed by atoms with E-state index in [1.165, 1.54) is 51.4 Å². The lowest BCUT2D eigenvalue weighted by atomic mass is 10.0. The summed E-state index contributed by atoms with van der Waals surface area (Å²) in [6, 6.07) is 23.6. The Morgan fingerprint density at radius 3 is 1.83 bits per heavy atom. The minimum Gasteiger partial charge on any atom is -0.493 e. The fourth-order valence-electron chi connectivity index (χ4n) is 5.30. The van der Waals surface area contributed by atoms with Crippen molar-refractivity contribution in [3.05, 3.63) is 78.4 Å². The zero-order valence-electron chi connectivity index (χ0n) is 25.0. The van der Waals surface area contributed by atoms with Crippen molar-refractivity contribution in [1.82, 2.24) is 0 Å². The van der Waals surface area contributed by atoms with Gasteiger partial charge in [0.1, 0.15) is 22.8 Å². The molecule has 4 aromatic rings. The monoisotopic (exact) mass is 554 g/mol. The van der Waals surface area contributed by atoms with Gasteiger partial charge in [-0.1, -0.05) is 139 Å². The molecule has 0 radical (unpaired) electrons. The molecule has 4 nitrogen and oxygen atoms in total. The van der Waals surface area contributed by atoms with Crippen molar-refractivity contribution in [3.8, 4) is 17.2 Å². The van der Waals surface area contributed by atoms with Crippen LogP contribution in [0.1, 0.15) is 101 Å². The number of esters is 1. The van der Waals surface area contributed by atoms with E-state index in [0.29, 0.717) is 36.0 Å². The van der Waals surface area contributed by atoms with Gasteiger partial charge in [-0.3, -0.25) is 0 Å². The molecule has 218 valence electrons. The van der Waals surface area contributed by atoms with Crippen molar-refractivity contribution in [1.29, 1.82) is 0 Å². The lowest BCUT2D eigenvalue weighted by Crippen LogP contribution is -2.13. The number of unbranched alkanes of at least 4 members (excludes halogenated alkanes) is 10. The van der Waals surface area contributed by atoms with Crippen LogP contribution >= 0.6 is 0 Å². The third-order valence-electron chi connectivity index (χ3n) is 7.63. The lowest BCUT2D eigenvalue weighted by molar-refractivity contribution is 0.0732. The van der Waals surface area contributed by atoms with Gasteiger partial charge < -0.3 is 14.2 Å². The number of fused-ring (bicyclic) bond motifs is 2. The first kappa shape index (κ1) is 30.4. The largest absolute Gasteiger partial charge is 0.493 e. The average molecular weight is 555 g/mol. The Bertz CT molecular complexity index is 1370. The van der Waals surface area contributed by atoms with Crippen LogP contribution in [0.2, 0.25) is 0 Å². The molecular formula is C37H46O4. The minimum absolute atomic E-state index is 0.403. The van der Waals surface area contributed by atoms with Gasteiger partial charge in [0, 0.05) is 16.2 Å². The minimum atomic E-state index is -0.436. The van der Waals surface area contributed by atoms with E-state index in [-0.39, 0.29) is 0 Å². The summed E-state index contributed by atoms with van der Waals surface area (Å²) in [5, 5.41) is 3.76. The maximum Gasteiger partial charge on any atom is 0.347 e. The average Bonchev–Trinajstić information content (AvgIpc) is 3.00. The molecule has 0 saturated carbocycles. The van der Waals surface area contributed by atoms with Crippen LogP contribution < -0.4 is 14.2 Å². The van der Waals surface area contributed by atoms with Gasteiger partial charge in [0.15, 0.2) is 0 Å². The van der Waals surface area contributed by atoms with Crippen molar-refractivity contribution in [3.63, 3.8) is 0 Å². The van der Waals surface area contributed by atoms with Crippen molar-refractivity contribution in [2.24, 2.45) is 0 Å². The smallest absolute Gasteiger partial charge is 0.347 e. The van der Waals surface area contributed by atoms with Crippen LogP contribution in [0.15, 0.2) is 72.8 Å². The van der Waals surface area contributed by atoms with Crippen molar-refractivity contribution in [2.75, 3.05) is 13.2 Å². The Kier molecular flexibility index (Phi) is 12.4. The lowest BCUT2D eigenvalue weighted by Gasteiger charge is -2.18. The number of hydrogen-bond donors (Lipinski definition) is 0. The first-order valence-electron chi connectivity index (χ1n) is 15.7. The zero-order valence-corrected chi connectivity index (χ0v) is 25.0. The second-order valence-electron chi connectivity index (χ2n) is 10.9. The summed E-state index contributed by atoms with van der Waals surface area (Å²) in [6.07, 6.45) is 14.2. The maximum absolute atomic E-state index is 13.8. The molecule has 0 N–H and O–H groups in total. The SMILES string of the molecule is CCCCCCCCOc1cc(C(=O)Oc2cccc3ccccc23)c(OCCCCCCCC)c2ccccc12. The second-order valence-corrected chi connectivity index (χ2v) is 10.9. The third-order valence-corrected chi connectivity index (χ3v) is 7.63. The van der Waals surface area contributed by atoms with Gasteiger partial charge in [0.2, 0.25) is 0 Å². The van der Waals surface area contributed by atoms with Crippen LogP contribution in [0.5, 0.6) is 17.2 Å². The summed E-state index contributed by atoms with van der Waals surface area (Å²) >= 11 is 0. The molecule has 0 aromatic heterocycles. The number of hydrogen-bond acceptors (Lipinski definition) is 4. The normalized spacial score (nSPS) is 11.2. The highest BCUT2D eigenvalue weighted by Crippen LogP contribution is 2.38. The van der Waals surface area contributed by atoms with Gasteiger partial charge in [0.05, 0.1) is 13.2 Å². The van der Waals surface area contributed by atoms with Gasteiger partial charge in [-0.2, -0.15) is 0 Å². The molecule has 0 aliphatic heterocycles. The summed E-state index contributed by atoms with van der Waals surface area (Å²) in [5.74, 6) is 1.38. The summed E-state index contributed by atoms with van der Waals surface area (Å²) in [5.41, 5.74) is 0.403. The van der Waals surface area contributed by atoms with E-state index in [1.54, 1.807) is 0 Å². The number of ether oxygens (including phenoxy) is 3. The fraction of sp³-hybridized carbons (Fsp3) is 0.432. The molecule has 4 aromatic carbocycles. The van der Waals surface area contributed by atoms with E-state index in [1.807, 2.05) is 72.8 Å². The molecule has 0 atom stereocenters. The Labute approximate surface area is 246 Å². The third kappa shape index (κ3) is 8.73. The summed E-state index contributed by atoms with van der Waals surface area (Å²) in [6.45, 7) is 5.64. The van der Waals surface area contributed by atoms with E-state index < -0.39 is 5.97 Å². The maximum atomic E-state index is 13.8. The molecule has 41 heavy (non-hydrogen) atoms. The van der Waals surface area contributed by atoms with Crippen LogP contribution in [0, 0.1) is 0 Å².